The first kappa shape index (κ1) is 9.21. The highest BCUT2D eigenvalue weighted by atomic mass is 16.1. The smallest absolute Gasteiger partial charge is 0.149 e. The van der Waals surface area contributed by atoms with Gasteiger partial charge in [0.05, 0.1) is 18.7 Å². The van der Waals surface area contributed by atoms with E-state index in [1.165, 1.54) is 0 Å². The molecular weight excluding hydrogens is 152 g/mol. The largest absolute Gasteiger partial charge is 0.298 e. The van der Waals surface area contributed by atoms with Gasteiger partial charge in [0.25, 0.3) is 0 Å². The van der Waals surface area contributed by atoms with E-state index in [-0.39, 0.29) is 6.04 Å². The van der Waals surface area contributed by atoms with E-state index >= 15 is 0 Å². The zero-order valence-electron chi connectivity index (χ0n) is 7.42. The van der Waals surface area contributed by atoms with Crippen LogP contribution in [-0.2, 0) is 4.79 Å². The molecule has 0 spiro atoms. The molecule has 0 aromatic carbocycles. The number of likely N-dealkylation sites (N-methyl/N-ethyl adjacent to an activating group) is 1. The van der Waals surface area contributed by atoms with Crippen LogP contribution in [0.3, 0.4) is 0 Å². The molecule has 1 fully saturated rings. The van der Waals surface area contributed by atoms with E-state index in [1.54, 1.807) is 0 Å². The van der Waals surface area contributed by atoms with Crippen molar-refractivity contribution in [2.75, 3.05) is 13.6 Å². The van der Waals surface area contributed by atoms with Crippen LogP contribution in [0.1, 0.15) is 25.7 Å². The first-order valence-electron chi connectivity index (χ1n) is 4.35. The third-order valence-corrected chi connectivity index (χ3v) is 2.37. The van der Waals surface area contributed by atoms with Gasteiger partial charge in [-0.15, -0.1) is 0 Å². The van der Waals surface area contributed by atoms with Gasteiger partial charge >= 0.3 is 0 Å². The minimum Gasteiger partial charge on any atom is -0.298 e. The third kappa shape index (κ3) is 2.05. The van der Waals surface area contributed by atoms with E-state index < -0.39 is 0 Å². The van der Waals surface area contributed by atoms with Crippen LogP contribution in [0.4, 0.5) is 0 Å². The predicted octanol–water partition coefficient (Wildman–Crippen LogP) is 0.953. The number of nitriles is 1. The lowest BCUT2D eigenvalue weighted by atomic mass is 9.93. The van der Waals surface area contributed by atoms with Crippen molar-refractivity contribution >= 4 is 5.78 Å². The van der Waals surface area contributed by atoms with E-state index in [4.69, 9.17) is 5.26 Å². The number of nitrogens with zero attached hydrogens (tertiary/aromatic N) is 2. The Morgan fingerprint density at radius 2 is 2.42 bits per heavy atom. The molecule has 1 aliphatic rings. The minimum absolute atomic E-state index is 0.0124. The van der Waals surface area contributed by atoms with Crippen molar-refractivity contribution in [2.45, 2.75) is 31.7 Å². The van der Waals surface area contributed by atoms with Crippen molar-refractivity contribution < 1.29 is 4.79 Å². The number of hydrogen-bond donors (Lipinski definition) is 0. The summed E-state index contributed by atoms with van der Waals surface area (Å²) < 4.78 is 0. The summed E-state index contributed by atoms with van der Waals surface area (Å²) in [6.07, 6.45) is 3.76. The zero-order valence-corrected chi connectivity index (χ0v) is 7.42. The fourth-order valence-corrected chi connectivity index (χ4v) is 1.65. The molecule has 0 radical (unpaired) electrons. The summed E-state index contributed by atoms with van der Waals surface area (Å²) in [5.41, 5.74) is 0. The Labute approximate surface area is 73.0 Å². The quantitative estimate of drug-likeness (QED) is 0.574. The van der Waals surface area contributed by atoms with Crippen LogP contribution in [0.15, 0.2) is 0 Å². The van der Waals surface area contributed by atoms with Gasteiger partial charge in [0, 0.05) is 6.42 Å². The fraction of sp³-hybridized carbons (Fsp3) is 0.778. The first-order chi connectivity index (χ1) is 5.75. The van der Waals surface area contributed by atoms with Gasteiger partial charge in [0.1, 0.15) is 5.78 Å². The van der Waals surface area contributed by atoms with Gasteiger partial charge in [-0.2, -0.15) is 5.26 Å². The van der Waals surface area contributed by atoms with Gasteiger partial charge in [0.15, 0.2) is 0 Å². The number of rotatable bonds is 2. The highest BCUT2D eigenvalue weighted by Gasteiger charge is 2.25. The minimum atomic E-state index is 0.0124. The van der Waals surface area contributed by atoms with Crippen LogP contribution in [-0.4, -0.2) is 30.3 Å². The summed E-state index contributed by atoms with van der Waals surface area (Å²) in [6, 6.07) is 2.07. The second-order valence-corrected chi connectivity index (χ2v) is 3.30. The van der Waals surface area contributed by atoms with E-state index in [0.29, 0.717) is 18.7 Å². The average molecular weight is 166 g/mol. The van der Waals surface area contributed by atoms with Crippen LogP contribution in [0.2, 0.25) is 0 Å². The Bertz CT molecular complexity index is 207. The molecule has 0 bridgehead atoms. The van der Waals surface area contributed by atoms with Gasteiger partial charge in [-0.05, 0) is 19.9 Å². The van der Waals surface area contributed by atoms with Gasteiger partial charge in [-0.25, -0.2) is 0 Å². The number of carbonyl (C=O) groups excluding carboxylic acids is 1. The van der Waals surface area contributed by atoms with Crippen LogP contribution in [0.25, 0.3) is 0 Å². The fourth-order valence-electron chi connectivity index (χ4n) is 1.65. The molecule has 0 amide bonds. The molecule has 0 aromatic rings. The average Bonchev–Trinajstić information content (AvgIpc) is 2.05. The van der Waals surface area contributed by atoms with E-state index in [9.17, 15) is 4.79 Å². The Morgan fingerprint density at radius 1 is 1.67 bits per heavy atom. The van der Waals surface area contributed by atoms with Crippen LogP contribution < -0.4 is 0 Å². The summed E-state index contributed by atoms with van der Waals surface area (Å²) in [5, 5.41) is 8.45. The standard InChI is InChI=1S/C9H14N2O/c1-11(7-6-10)8-4-2-3-5-9(8)12/h8H,2-5,7H2,1H3/t8-/m1/s1. The second-order valence-electron chi connectivity index (χ2n) is 3.30. The van der Waals surface area contributed by atoms with Crippen molar-refractivity contribution in [3.63, 3.8) is 0 Å². The molecule has 3 nitrogen and oxygen atoms in total. The van der Waals surface area contributed by atoms with Gasteiger partial charge in [-0.3, -0.25) is 9.69 Å². The molecule has 1 atom stereocenters. The molecule has 0 N–H and O–H groups in total. The molecular formula is C9H14N2O. The maximum absolute atomic E-state index is 11.4. The van der Waals surface area contributed by atoms with Crippen molar-refractivity contribution in [3.8, 4) is 6.07 Å². The molecule has 0 aliphatic heterocycles. The summed E-state index contributed by atoms with van der Waals surface area (Å²) >= 11 is 0. The number of ketones is 1. The van der Waals surface area contributed by atoms with Crippen molar-refractivity contribution in [1.82, 2.24) is 4.90 Å². The number of hydrogen-bond acceptors (Lipinski definition) is 3. The van der Waals surface area contributed by atoms with E-state index in [1.807, 2.05) is 11.9 Å². The number of carbonyl (C=O) groups is 1. The lowest BCUT2D eigenvalue weighted by Gasteiger charge is -2.27. The Hall–Kier alpha value is -0.880. The summed E-state index contributed by atoms with van der Waals surface area (Å²) in [4.78, 5) is 13.2. The maximum atomic E-state index is 11.4. The highest BCUT2D eigenvalue weighted by Crippen LogP contribution is 2.18. The van der Waals surface area contributed by atoms with Gasteiger partial charge in [0.2, 0.25) is 0 Å². The number of Topliss-reactive ketones (excluding diaryl/α,β-unsaturated/α-hetero) is 1. The lowest BCUT2D eigenvalue weighted by Crippen LogP contribution is -2.40. The molecule has 1 aliphatic carbocycles. The van der Waals surface area contributed by atoms with Crippen molar-refractivity contribution in [2.24, 2.45) is 0 Å². The normalized spacial score (nSPS) is 24.1. The SMILES string of the molecule is CN(CC#N)[C@@H]1CCCCC1=O. The Morgan fingerprint density at radius 3 is 3.00 bits per heavy atom. The molecule has 1 rings (SSSR count). The lowest BCUT2D eigenvalue weighted by molar-refractivity contribution is -0.125. The van der Waals surface area contributed by atoms with Crippen molar-refractivity contribution in [1.29, 1.82) is 5.26 Å². The molecule has 0 unspecified atom stereocenters. The van der Waals surface area contributed by atoms with E-state index in [0.717, 1.165) is 19.3 Å². The first-order valence-corrected chi connectivity index (χ1v) is 4.35. The molecule has 3 heteroatoms. The van der Waals surface area contributed by atoms with Gasteiger partial charge in [-0.1, -0.05) is 6.42 Å². The van der Waals surface area contributed by atoms with E-state index in [2.05, 4.69) is 6.07 Å². The zero-order chi connectivity index (χ0) is 8.97. The summed E-state index contributed by atoms with van der Waals surface area (Å²) in [5.74, 6) is 0.305. The molecule has 0 aromatic heterocycles. The Balaban J connectivity index is 2.48. The second kappa shape index (κ2) is 4.22. The molecule has 1 saturated carbocycles. The molecule has 66 valence electrons. The monoisotopic (exact) mass is 166 g/mol. The van der Waals surface area contributed by atoms with Crippen molar-refractivity contribution in [3.05, 3.63) is 0 Å². The van der Waals surface area contributed by atoms with Crippen LogP contribution >= 0.6 is 0 Å². The summed E-state index contributed by atoms with van der Waals surface area (Å²) in [6.45, 7) is 0.358. The van der Waals surface area contributed by atoms with Gasteiger partial charge < -0.3 is 0 Å². The van der Waals surface area contributed by atoms with Crippen LogP contribution in [0, 0.1) is 11.3 Å². The Kier molecular flexibility index (Phi) is 3.24. The maximum Gasteiger partial charge on any atom is 0.149 e. The third-order valence-electron chi connectivity index (χ3n) is 2.37. The highest BCUT2D eigenvalue weighted by molar-refractivity contribution is 5.84. The van der Waals surface area contributed by atoms with Crippen LogP contribution in [0.5, 0.6) is 0 Å². The molecule has 12 heavy (non-hydrogen) atoms. The molecule has 0 saturated heterocycles. The predicted molar refractivity (Wildman–Crippen MR) is 45.5 cm³/mol. The summed E-state index contributed by atoms with van der Waals surface area (Å²) in [7, 11) is 1.84. The molecule has 0 heterocycles. The topological polar surface area (TPSA) is 44.1 Å².